The number of piperazine rings is 2. The third-order valence-corrected chi connectivity index (χ3v) is 11.3. The summed E-state index contributed by atoms with van der Waals surface area (Å²) in [5.74, 6) is 0.831. The first-order chi connectivity index (χ1) is 31.6. The van der Waals surface area contributed by atoms with E-state index in [0.29, 0.717) is 81.2 Å². The number of anilines is 2. The second-order valence-electron chi connectivity index (χ2n) is 15.5. The summed E-state index contributed by atoms with van der Waals surface area (Å²) in [5, 5.41) is 3.26. The normalized spacial score (nSPS) is 15.7. The zero-order chi connectivity index (χ0) is 46.1. The van der Waals surface area contributed by atoms with E-state index in [1.807, 2.05) is 82.6 Å². The molecular formula is C48H59ClN6O11. The molecule has 17 nitrogen and oxygen atoms in total. The minimum Gasteiger partial charge on any atom is -0.497 e. The maximum Gasteiger partial charge on any atom is 0.337 e. The number of Topliss-reactive ketones (excluding diaryl/α,β-unsaturated/α-hetero) is 1. The van der Waals surface area contributed by atoms with Gasteiger partial charge < -0.3 is 43.5 Å². The van der Waals surface area contributed by atoms with Crippen LogP contribution in [0.1, 0.15) is 31.8 Å². The van der Waals surface area contributed by atoms with E-state index in [0.717, 1.165) is 61.9 Å². The molecule has 4 amide bonds. The van der Waals surface area contributed by atoms with Crippen LogP contribution in [0.15, 0.2) is 97.1 Å². The molecule has 0 saturated carbocycles. The van der Waals surface area contributed by atoms with E-state index in [2.05, 4.69) is 15.0 Å². The molecular weight excluding hydrogens is 872 g/mol. The predicted molar refractivity (Wildman–Crippen MR) is 250 cm³/mol. The Balaban J connectivity index is 0.000000222. The molecule has 18 heteroatoms. The number of hydrogen-bond donors (Lipinski definition) is 1. The maximum atomic E-state index is 13.6. The number of benzene rings is 4. The van der Waals surface area contributed by atoms with E-state index in [9.17, 15) is 24.0 Å². The molecule has 1 N–H and O–H groups in total. The van der Waals surface area contributed by atoms with Crippen LogP contribution in [0, 0.1) is 0 Å². The Kier molecular flexibility index (Phi) is 19.6. The van der Waals surface area contributed by atoms with Gasteiger partial charge in [-0.3, -0.25) is 19.5 Å². The number of esters is 2. The van der Waals surface area contributed by atoms with Crippen molar-refractivity contribution in [3.63, 3.8) is 0 Å². The van der Waals surface area contributed by atoms with Crippen LogP contribution in [0.4, 0.5) is 21.0 Å². The summed E-state index contributed by atoms with van der Waals surface area (Å²) in [7, 11) is 5.93. The number of rotatable bonds is 11. The second kappa shape index (κ2) is 25.5. The van der Waals surface area contributed by atoms with Gasteiger partial charge in [0.25, 0.3) is 0 Å². The molecule has 0 atom stereocenters. The molecule has 0 spiro atoms. The summed E-state index contributed by atoms with van der Waals surface area (Å²) in [6.07, 6.45) is 0. The predicted octanol–water partition coefficient (Wildman–Crippen LogP) is 5.15. The summed E-state index contributed by atoms with van der Waals surface area (Å²) in [5.41, 5.74) is 4.32. The van der Waals surface area contributed by atoms with Crippen molar-refractivity contribution >= 4 is 53.6 Å². The Morgan fingerprint density at radius 2 is 1.03 bits per heavy atom. The zero-order valence-corrected chi connectivity index (χ0v) is 38.7. The smallest absolute Gasteiger partial charge is 0.337 e. The number of carbonyl (C=O) groups is 5. The van der Waals surface area contributed by atoms with Crippen molar-refractivity contribution in [3.8, 4) is 11.5 Å². The van der Waals surface area contributed by atoms with Crippen LogP contribution < -0.4 is 24.6 Å². The van der Waals surface area contributed by atoms with E-state index >= 15 is 0 Å². The highest BCUT2D eigenvalue weighted by Crippen LogP contribution is 2.27. The number of halogens is 1. The fourth-order valence-corrected chi connectivity index (χ4v) is 7.28. The van der Waals surface area contributed by atoms with Crippen molar-refractivity contribution < 1.29 is 52.4 Å². The number of amides is 4. The summed E-state index contributed by atoms with van der Waals surface area (Å²) >= 11 is 0. The highest BCUT2D eigenvalue weighted by molar-refractivity contribution is 5.94. The van der Waals surface area contributed by atoms with Gasteiger partial charge in [-0.15, -0.1) is 12.4 Å². The Morgan fingerprint density at radius 3 is 1.38 bits per heavy atom. The van der Waals surface area contributed by atoms with Gasteiger partial charge in [0.1, 0.15) is 24.7 Å². The number of ketones is 1. The molecule has 4 aliphatic heterocycles. The molecule has 0 radical (unpaired) electrons. The van der Waals surface area contributed by atoms with E-state index in [1.165, 1.54) is 14.2 Å². The molecule has 0 unspecified atom stereocenters. The molecule has 4 saturated heterocycles. The highest BCUT2D eigenvalue weighted by atomic mass is 35.5. The minimum atomic E-state index is -0.382. The van der Waals surface area contributed by atoms with Crippen LogP contribution in [-0.4, -0.2) is 158 Å². The van der Waals surface area contributed by atoms with E-state index in [4.69, 9.17) is 23.7 Å². The number of nitrogens with one attached hydrogen (secondary N) is 1. The van der Waals surface area contributed by atoms with Crippen LogP contribution in [0.3, 0.4) is 0 Å². The van der Waals surface area contributed by atoms with Crippen LogP contribution in [0.25, 0.3) is 0 Å². The minimum absolute atomic E-state index is 0. The van der Waals surface area contributed by atoms with E-state index < -0.39 is 0 Å². The lowest BCUT2D eigenvalue weighted by Gasteiger charge is -2.43. The van der Waals surface area contributed by atoms with Gasteiger partial charge in [0, 0.05) is 75.9 Å². The average molecular weight is 931 g/mol. The van der Waals surface area contributed by atoms with Crippen LogP contribution in [0.5, 0.6) is 11.5 Å². The molecule has 4 aliphatic rings. The number of methoxy groups -OCH3 is 4. The first kappa shape index (κ1) is 50.8. The molecule has 0 bridgehead atoms. The monoisotopic (exact) mass is 930 g/mol. The Morgan fingerprint density at radius 1 is 0.606 bits per heavy atom. The summed E-state index contributed by atoms with van der Waals surface area (Å²) in [4.78, 5) is 69.6. The van der Waals surface area contributed by atoms with Crippen LogP contribution in [0.2, 0.25) is 0 Å². The lowest BCUT2D eigenvalue weighted by Crippen LogP contribution is -2.59. The van der Waals surface area contributed by atoms with Gasteiger partial charge in [-0.1, -0.05) is 36.4 Å². The van der Waals surface area contributed by atoms with Crippen molar-refractivity contribution in [2.24, 2.45) is 0 Å². The molecule has 4 fully saturated rings. The second-order valence-corrected chi connectivity index (χ2v) is 15.5. The number of urea groups is 2. The first-order valence-corrected chi connectivity index (χ1v) is 21.5. The van der Waals surface area contributed by atoms with Crippen molar-refractivity contribution in [3.05, 3.63) is 119 Å². The summed E-state index contributed by atoms with van der Waals surface area (Å²) in [6, 6.07) is 29.6. The molecule has 4 aromatic rings. The standard InChI is InChI=1S/C24H29N3O5.C21H25N3O4.C3H4O2.ClH/c1-30-22-5-3-4-20(14-22)27(15-18-6-8-19(9-7-18)23(28)31-2)24(29)26-12-10-25(11-13-26)21-16-32-17-21;1-27-19-5-3-4-18(14-19)24(21(26)23-12-10-22-11-13-23)15-16-6-8-17(9-7-16)20(25)28-2;4-3-1-5-2-3;/h3-9,14,21H,10-13,15-17H2,1-2H3;3-9,14,22H,10-13,15H2,1-2H3;1-2H2;1H. The van der Waals surface area contributed by atoms with Crippen molar-refractivity contribution in [1.29, 1.82) is 0 Å². The van der Waals surface area contributed by atoms with E-state index in [1.54, 1.807) is 48.3 Å². The largest absolute Gasteiger partial charge is 0.497 e. The Labute approximate surface area is 391 Å². The third-order valence-electron chi connectivity index (χ3n) is 11.3. The van der Waals surface area contributed by atoms with Gasteiger partial charge >= 0.3 is 24.0 Å². The Hall–Kier alpha value is -6.24. The lowest BCUT2D eigenvalue weighted by atomic mass is 10.1. The van der Waals surface area contributed by atoms with Gasteiger partial charge in [-0.25, -0.2) is 19.2 Å². The van der Waals surface area contributed by atoms with Gasteiger partial charge in [0.05, 0.1) is 71.9 Å². The molecule has 66 heavy (non-hydrogen) atoms. The number of carbonyl (C=O) groups excluding carboxylic acids is 5. The van der Waals surface area contributed by atoms with Gasteiger partial charge in [0.15, 0.2) is 5.78 Å². The van der Waals surface area contributed by atoms with E-state index in [-0.39, 0.29) is 42.2 Å². The molecule has 0 aromatic heterocycles. The molecule has 354 valence electrons. The van der Waals surface area contributed by atoms with Gasteiger partial charge in [-0.2, -0.15) is 0 Å². The fourth-order valence-electron chi connectivity index (χ4n) is 7.28. The van der Waals surface area contributed by atoms with Crippen LogP contribution >= 0.6 is 12.4 Å². The highest BCUT2D eigenvalue weighted by Gasteiger charge is 2.32. The summed E-state index contributed by atoms with van der Waals surface area (Å²) < 4.78 is 30.0. The first-order valence-electron chi connectivity index (χ1n) is 21.5. The number of nitrogens with zero attached hydrogens (tertiary/aromatic N) is 5. The quantitative estimate of drug-likeness (QED) is 0.197. The maximum absolute atomic E-state index is 13.6. The fraction of sp³-hybridized carbons (Fsp3) is 0.396. The number of hydrogen-bond acceptors (Lipinski definition) is 13. The van der Waals surface area contributed by atoms with Crippen molar-refractivity contribution in [2.75, 3.05) is 117 Å². The van der Waals surface area contributed by atoms with Gasteiger partial charge in [0.2, 0.25) is 0 Å². The average Bonchev–Trinajstić information content (AvgIpc) is 3.34. The topological polar surface area (TPSA) is 169 Å². The SMILES string of the molecule is COC(=O)c1ccc(CN(C(=O)N2CCN(C3COC3)CC2)c2cccc(OC)c2)cc1.COC(=O)c1ccc(CN(C(=O)N2CCNCC2)c2cccc(OC)c2)cc1.Cl.O=C1COC1. The lowest BCUT2D eigenvalue weighted by molar-refractivity contribution is -0.140. The third kappa shape index (κ3) is 13.9. The number of ether oxygens (including phenoxy) is 6. The Bertz CT molecular complexity index is 2210. The molecule has 4 heterocycles. The van der Waals surface area contributed by atoms with Gasteiger partial charge in [-0.05, 0) is 59.7 Å². The zero-order valence-electron chi connectivity index (χ0n) is 37.8. The summed E-state index contributed by atoms with van der Waals surface area (Å²) in [6.45, 7) is 8.98. The molecule has 4 aromatic carbocycles. The van der Waals surface area contributed by atoms with Crippen LogP contribution in [-0.2, 0) is 36.8 Å². The molecule has 8 rings (SSSR count). The van der Waals surface area contributed by atoms with Crippen molar-refractivity contribution in [2.45, 2.75) is 19.1 Å². The van der Waals surface area contributed by atoms with Crippen molar-refractivity contribution in [1.82, 2.24) is 20.0 Å². The molecule has 0 aliphatic carbocycles.